The maximum atomic E-state index is 13.1. The van der Waals surface area contributed by atoms with Gasteiger partial charge in [-0.05, 0) is 63.2 Å². The summed E-state index contributed by atoms with van der Waals surface area (Å²) in [6.07, 6.45) is 0. The number of ether oxygens (including phenoxy) is 1. The zero-order valence-electron chi connectivity index (χ0n) is 20.1. The molecule has 0 saturated heterocycles. The van der Waals surface area contributed by atoms with Gasteiger partial charge in [0.2, 0.25) is 5.91 Å². The molecule has 2 aromatic carbocycles. The van der Waals surface area contributed by atoms with Crippen molar-refractivity contribution in [3.8, 4) is 22.7 Å². The number of carbonyl (C=O) groups excluding carboxylic acids is 1. The lowest BCUT2D eigenvalue weighted by molar-refractivity contribution is -0.119. The Morgan fingerprint density at radius 2 is 1.71 bits per heavy atom. The van der Waals surface area contributed by atoms with Crippen molar-refractivity contribution >= 4 is 11.6 Å². The summed E-state index contributed by atoms with van der Waals surface area (Å²) >= 11 is 0. The number of carbonyl (C=O) groups is 1. The molecule has 0 spiro atoms. The van der Waals surface area contributed by atoms with E-state index in [9.17, 15) is 14.4 Å². The second-order valence-electron chi connectivity index (χ2n) is 8.06. The Balaban J connectivity index is 1.62. The van der Waals surface area contributed by atoms with Gasteiger partial charge in [-0.1, -0.05) is 18.2 Å². The molecule has 2 heterocycles. The average Bonchev–Trinajstić information content (AvgIpc) is 3.08. The second kappa shape index (κ2) is 9.84. The topological polar surface area (TPSA) is 100 Å². The van der Waals surface area contributed by atoms with Gasteiger partial charge in [-0.15, -0.1) is 0 Å². The van der Waals surface area contributed by atoms with Gasteiger partial charge in [0.1, 0.15) is 17.5 Å². The lowest BCUT2D eigenvalue weighted by atomic mass is 10.1. The van der Waals surface area contributed by atoms with E-state index >= 15 is 0 Å². The first kappa shape index (κ1) is 23.7. The van der Waals surface area contributed by atoms with Crippen LogP contribution in [0.5, 0.6) is 5.75 Å². The van der Waals surface area contributed by atoms with E-state index in [1.807, 2.05) is 61.5 Å². The predicted octanol–water partition coefficient (Wildman–Crippen LogP) is 3.31. The summed E-state index contributed by atoms with van der Waals surface area (Å²) in [5.74, 6) is 0.214. The maximum absolute atomic E-state index is 13.1. The van der Waals surface area contributed by atoms with Crippen molar-refractivity contribution in [1.29, 1.82) is 0 Å². The zero-order valence-corrected chi connectivity index (χ0v) is 20.1. The van der Waals surface area contributed by atoms with Gasteiger partial charge in [-0.2, -0.15) is 5.10 Å². The van der Waals surface area contributed by atoms with E-state index in [0.717, 1.165) is 16.0 Å². The van der Waals surface area contributed by atoms with Crippen LogP contribution < -0.4 is 21.2 Å². The Kier molecular flexibility index (Phi) is 6.68. The van der Waals surface area contributed by atoms with Crippen molar-refractivity contribution in [1.82, 2.24) is 19.1 Å². The summed E-state index contributed by atoms with van der Waals surface area (Å²) in [5.41, 5.74) is 1.95. The Bertz CT molecular complexity index is 1470. The molecule has 1 unspecified atom stereocenters. The van der Waals surface area contributed by atoms with Crippen LogP contribution in [-0.4, -0.2) is 31.7 Å². The van der Waals surface area contributed by atoms with Gasteiger partial charge in [0, 0.05) is 18.7 Å². The third-order valence-corrected chi connectivity index (χ3v) is 5.83. The van der Waals surface area contributed by atoms with E-state index in [-0.39, 0.29) is 11.2 Å². The molecule has 0 aliphatic heterocycles. The lowest BCUT2D eigenvalue weighted by Gasteiger charge is -2.14. The largest absolute Gasteiger partial charge is 0.494 e. The van der Waals surface area contributed by atoms with Crippen molar-refractivity contribution in [3.05, 3.63) is 93.1 Å². The average molecular weight is 474 g/mol. The normalized spacial score (nSPS) is 11.8. The minimum Gasteiger partial charge on any atom is -0.494 e. The number of hydrogen-bond acceptors (Lipinski definition) is 5. The van der Waals surface area contributed by atoms with Crippen LogP contribution in [0, 0.1) is 6.92 Å². The molecule has 1 amide bonds. The fourth-order valence-corrected chi connectivity index (χ4v) is 3.80. The number of nitrogens with one attached hydrogen (secondary N) is 1. The lowest BCUT2D eigenvalue weighted by Crippen LogP contribution is -2.34. The highest BCUT2D eigenvalue weighted by atomic mass is 16.5. The van der Waals surface area contributed by atoms with Gasteiger partial charge in [0.25, 0.3) is 11.1 Å². The molecule has 0 aliphatic rings. The van der Waals surface area contributed by atoms with E-state index in [0.29, 0.717) is 23.7 Å². The van der Waals surface area contributed by atoms with E-state index in [1.165, 1.54) is 10.7 Å². The van der Waals surface area contributed by atoms with Crippen LogP contribution in [-0.2, 0) is 11.8 Å². The second-order valence-corrected chi connectivity index (χ2v) is 8.06. The number of benzene rings is 2. The Morgan fingerprint density at radius 1 is 1.03 bits per heavy atom. The van der Waals surface area contributed by atoms with Crippen LogP contribution in [0.15, 0.2) is 76.3 Å². The van der Waals surface area contributed by atoms with E-state index in [2.05, 4.69) is 10.4 Å². The summed E-state index contributed by atoms with van der Waals surface area (Å²) in [7, 11) is 1.75. The third-order valence-electron chi connectivity index (χ3n) is 5.83. The molecular formula is C26H27N5O4. The van der Waals surface area contributed by atoms with Crippen molar-refractivity contribution in [3.63, 3.8) is 0 Å². The van der Waals surface area contributed by atoms with Gasteiger partial charge in [0.15, 0.2) is 0 Å². The van der Waals surface area contributed by atoms with Crippen LogP contribution >= 0.6 is 0 Å². The summed E-state index contributed by atoms with van der Waals surface area (Å²) in [5, 5.41) is 7.12. The number of rotatable bonds is 7. The summed E-state index contributed by atoms with van der Waals surface area (Å²) in [4.78, 5) is 38.8. The molecule has 9 nitrogen and oxygen atoms in total. The number of amides is 1. The highest BCUT2D eigenvalue weighted by Crippen LogP contribution is 2.21. The van der Waals surface area contributed by atoms with Gasteiger partial charge < -0.3 is 10.1 Å². The van der Waals surface area contributed by atoms with E-state index in [1.54, 1.807) is 31.6 Å². The Labute approximate surface area is 202 Å². The Morgan fingerprint density at radius 3 is 2.37 bits per heavy atom. The molecule has 0 aliphatic carbocycles. The zero-order chi connectivity index (χ0) is 25.1. The SMILES string of the molecule is CCOc1ccc(-c2ccc(=O)n(C(C)C(=O)Nc3c(C)n(C)n(-c4ccccc4)c3=O)n2)cc1. The van der Waals surface area contributed by atoms with Crippen LogP contribution in [0.2, 0.25) is 0 Å². The monoisotopic (exact) mass is 473 g/mol. The number of nitrogens with zero attached hydrogens (tertiary/aromatic N) is 4. The molecule has 4 aromatic rings. The number of hydrogen-bond donors (Lipinski definition) is 1. The molecule has 0 bridgehead atoms. The van der Waals surface area contributed by atoms with Crippen molar-refractivity contribution < 1.29 is 9.53 Å². The van der Waals surface area contributed by atoms with Crippen molar-refractivity contribution in [2.24, 2.45) is 7.05 Å². The molecule has 180 valence electrons. The third kappa shape index (κ3) is 4.65. The van der Waals surface area contributed by atoms with Crippen LogP contribution in [0.1, 0.15) is 25.6 Å². The molecule has 0 saturated carbocycles. The highest BCUT2D eigenvalue weighted by Gasteiger charge is 2.23. The number of para-hydroxylation sites is 1. The van der Waals surface area contributed by atoms with Gasteiger partial charge in [-0.3, -0.25) is 19.1 Å². The fourth-order valence-electron chi connectivity index (χ4n) is 3.80. The summed E-state index contributed by atoms with van der Waals surface area (Å²) in [6, 6.07) is 18.5. The number of aromatic nitrogens is 4. The molecule has 9 heteroatoms. The van der Waals surface area contributed by atoms with Gasteiger partial charge in [0.05, 0.1) is 23.7 Å². The van der Waals surface area contributed by atoms with Gasteiger partial charge >= 0.3 is 0 Å². The molecule has 1 N–H and O–H groups in total. The molecule has 35 heavy (non-hydrogen) atoms. The molecular weight excluding hydrogens is 446 g/mol. The van der Waals surface area contributed by atoms with Crippen LogP contribution in [0.25, 0.3) is 16.9 Å². The summed E-state index contributed by atoms with van der Waals surface area (Å²) < 4.78 is 9.74. The first-order valence-corrected chi connectivity index (χ1v) is 11.3. The Hall–Kier alpha value is -4.40. The van der Waals surface area contributed by atoms with Crippen molar-refractivity contribution in [2.45, 2.75) is 26.8 Å². The highest BCUT2D eigenvalue weighted by molar-refractivity contribution is 5.93. The molecule has 0 radical (unpaired) electrons. The fraction of sp³-hybridized carbons (Fsp3) is 0.231. The number of anilines is 1. The maximum Gasteiger partial charge on any atom is 0.295 e. The predicted molar refractivity (Wildman–Crippen MR) is 134 cm³/mol. The van der Waals surface area contributed by atoms with E-state index < -0.39 is 17.5 Å². The standard InChI is InChI=1S/C26H27N5O4/c1-5-35-21-13-11-19(12-14-21)22-15-16-23(32)30(28-22)18(3)25(33)27-24-17(2)29(4)31(26(24)34)20-9-7-6-8-10-20/h6-16,18H,5H2,1-4H3,(H,27,33). The van der Waals surface area contributed by atoms with Crippen molar-refractivity contribution in [2.75, 3.05) is 11.9 Å². The molecule has 4 rings (SSSR count). The smallest absolute Gasteiger partial charge is 0.295 e. The molecule has 2 aromatic heterocycles. The van der Waals surface area contributed by atoms with Crippen LogP contribution in [0.4, 0.5) is 5.69 Å². The van der Waals surface area contributed by atoms with E-state index in [4.69, 9.17) is 4.74 Å². The first-order chi connectivity index (χ1) is 16.8. The molecule has 0 fully saturated rings. The minimum absolute atomic E-state index is 0.156. The minimum atomic E-state index is -0.950. The van der Waals surface area contributed by atoms with Gasteiger partial charge in [-0.25, -0.2) is 9.36 Å². The summed E-state index contributed by atoms with van der Waals surface area (Å²) in [6.45, 7) is 5.79. The molecule has 1 atom stereocenters. The quantitative estimate of drug-likeness (QED) is 0.444. The first-order valence-electron chi connectivity index (χ1n) is 11.3. The van der Waals surface area contributed by atoms with Crippen LogP contribution in [0.3, 0.4) is 0 Å².